The van der Waals surface area contributed by atoms with E-state index in [0.29, 0.717) is 0 Å². The number of aromatic nitrogens is 2. The molecule has 2 nitrogen and oxygen atoms in total. The van der Waals surface area contributed by atoms with Crippen molar-refractivity contribution < 1.29 is 0 Å². The van der Waals surface area contributed by atoms with Crippen LogP contribution in [0.4, 0.5) is 0 Å². The summed E-state index contributed by atoms with van der Waals surface area (Å²) in [5.74, 6) is 0. The molecule has 0 atom stereocenters. The highest BCUT2D eigenvalue weighted by Crippen LogP contribution is 2.23. The van der Waals surface area contributed by atoms with Crippen molar-refractivity contribution in [3.8, 4) is 0 Å². The minimum atomic E-state index is 0.0907. The molecule has 0 saturated heterocycles. The maximum absolute atomic E-state index is 4.48. The lowest BCUT2D eigenvalue weighted by Gasteiger charge is -2.21. The van der Waals surface area contributed by atoms with E-state index >= 15 is 0 Å². The van der Waals surface area contributed by atoms with Gasteiger partial charge in [0.25, 0.3) is 0 Å². The Morgan fingerprint density at radius 2 is 1.75 bits per heavy atom. The predicted octanol–water partition coefficient (Wildman–Crippen LogP) is 3.16. The highest BCUT2D eigenvalue weighted by molar-refractivity contribution is 14.1. The van der Waals surface area contributed by atoms with Crippen molar-refractivity contribution in [2.45, 2.75) is 33.2 Å². The minimum absolute atomic E-state index is 0.0907. The van der Waals surface area contributed by atoms with Gasteiger partial charge in [0.2, 0.25) is 0 Å². The summed E-state index contributed by atoms with van der Waals surface area (Å²) >= 11 is 4.61. The first kappa shape index (κ1) is 10.7. The molecule has 0 aromatic carbocycles. The quantitative estimate of drug-likeness (QED) is 0.623. The molecular formula is C8H12I2N2. The predicted molar refractivity (Wildman–Crippen MR) is 67.4 cm³/mol. The standard InChI is InChI=1S/C8H12I2N2/c1-5-6(9)7(10)11-12(5)8(2,3)4/h1-4H3. The third kappa shape index (κ3) is 1.94. The molecule has 1 aromatic heterocycles. The Kier molecular flexibility index (Phi) is 3.08. The van der Waals surface area contributed by atoms with Crippen molar-refractivity contribution in [2.75, 3.05) is 0 Å². The van der Waals surface area contributed by atoms with E-state index in [1.54, 1.807) is 0 Å². The van der Waals surface area contributed by atoms with E-state index in [9.17, 15) is 0 Å². The van der Waals surface area contributed by atoms with Gasteiger partial charge in [0.15, 0.2) is 0 Å². The van der Waals surface area contributed by atoms with Crippen molar-refractivity contribution in [1.82, 2.24) is 9.78 Å². The third-order valence-corrected chi connectivity index (χ3v) is 4.72. The second-order valence-corrected chi connectivity index (χ2v) is 5.87. The van der Waals surface area contributed by atoms with Crippen molar-refractivity contribution in [3.63, 3.8) is 0 Å². The Hall–Kier alpha value is 0.670. The number of rotatable bonds is 0. The number of nitrogens with zero attached hydrogens (tertiary/aromatic N) is 2. The second-order valence-electron chi connectivity index (χ2n) is 3.77. The summed E-state index contributed by atoms with van der Waals surface area (Å²) in [7, 11) is 0. The zero-order chi connectivity index (χ0) is 9.52. The Morgan fingerprint density at radius 1 is 1.25 bits per heavy atom. The molecule has 0 saturated carbocycles. The monoisotopic (exact) mass is 390 g/mol. The smallest absolute Gasteiger partial charge is 0.136 e. The van der Waals surface area contributed by atoms with Crippen LogP contribution in [0.3, 0.4) is 0 Å². The van der Waals surface area contributed by atoms with Crippen LogP contribution in [0.15, 0.2) is 0 Å². The van der Waals surface area contributed by atoms with Gasteiger partial charge < -0.3 is 0 Å². The Balaban J connectivity index is 3.28. The first-order valence-electron chi connectivity index (χ1n) is 3.75. The van der Waals surface area contributed by atoms with Gasteiger partial charge in [-0.05, 0) is 72.9 Å². The first-order valence-corrected chi connectivity index (χ1v) is 5.91. The molecule has 4 heteroatoms. The molecule has 0 fully saturated rings. The van der Waals surface area contributed by atoms with Gasteiger partial charge in [0.05, 0.1) is 14.8 Å². The summed E-state index contributed by atoms with van der Waals surface area (Å²) in [5, 5.41) is 4.48. The molecule has 0 bridgehead atoms. The van der Waals surface area contributed by atoms with Gasteiger partial charge in [-0.3, -0.25) is 4.68 Å². The van der Waals surface area contributed by atoms with Gasteiger partial charge in [-0.2, -0.15) is 5.10 Å². The molecule has 1 heterocycles. The topological polar surface area (TPSA) is 17.8 Å². The van der Waals surface area contributed by atoms with Crippen LogP contribution in [0.5, 0.6) is 0 Å². The summed E-state index contributed by atoms with van der Waals surface area (Å²) in [6.07, 6.45) is 0. The van der Waals surface area contributed by atoms with Crippen LogP contribution in [0.1, 0.15) is 26.5 Å². The van der Waals surface area contributed by atoms with E-state index in [-0.39, 0.29) is 5.54 Å². The summed E-state index contributed by atoms with van der Waals surface area (Å²) < 4.78 is 4.44. The van der Waals surface area contributed by atoms with E-state index in [2.05, 4.69) is 82.7 Å². The highest BCUT2D eigenvalue weighted by Gasteiger charge is 2.19. The van der Waals surface area contributed by atoms with Gasteiger partial charge in [0, 0.05) is 0 Å². The van der Waals surface area contributed by atoms with Crippen LogP contribution in [-0.4, -0.2) is 9.78 Å². The van der Waals surface area contributed by atoms with Crippen LogP contribution in [0.2, 0.25) is 0 Å². The van der Waals surface area contributed by atoms with Gasteiger partial charge in [0.1, 0.15) is 3.70 Å². The molecule has 12 heavy (non-hydrogen) atoms. The van der Waals surface area contributed by atoms with E-state index in [1.807, 2.05) is 0 Å². The number of halogens is 2. The normalized spacial score (nSPS) is 12.2. The zero-order valence-corrected chi connectivity index (χ0v) is 12.0. The fourth-order valence-electron chi connectivity index (χ4n) is 1.10. The molecular weight excluding hydrogens is 378 g/mol. The lowest BCUT2D eigenvalue weighted by atomic mass is 10.1. The zero-order valence-electron chi connectivity index (χ0n) is 7.65. The van der Waals surface area contributed by atoms with E-state index < -0.39 is 0 Å². The van der Waals surface area contributed by atoms with Crippen LogP contribution in [0.25, 0.3) is 0 Å². The number of hydrogen-bond acceptors (Lipinski definition) is 1. The van der Waals surface area contributed by atoms with E-state index in [0.717, 1.165) is 3.70 Å². The lowest BCUT2D eigenvalue weighted by Crippen LogP contribution is -2.24. The Labute approximate surface area is 100 Å². The maximum Gasteiger partial charge on any atom is 0.136 e. The van der Waals surface area contributed by atoms with Crippen LogP contribution in [-0.2, 0) is 5.54 Å². The maximum atomic E-state index is 4.48. The Bertz CT molecular complexity index is 297. The van der Waals surface area contributed by atoms with Crippen LogP contribution >= 0.6 is 45.2 Å². The molecule has 68 valence electrons. The van der Waals surface area contributed by atoms with Crippen LogP contribution in [0, 0.1) is 14.2 Å². The fourth-order valence-corrected chi connectivity index (χ4v) is 2.04. The Morgan fingerprint density at radius 3 is 1.92 bits per heavy atom. The summed E-state index contributed by atoms with van der Waals surface area (Å²) in [4.78, 5) is 0. The molecule has 0 aliphatic heterocycles. The number of hydrogen-bond donors (Lipinski definition) is 0. The van der Waals surface area contributed by atoms with E-state index in [4.69, 9.17) is 0 Å². The summed E-state index contributed by atoms with van der Waals surface area (Å²) in [6, 6.07) is 0. The third-order valence-electron chi connectivity index (χ3n) is 1.64. The van der Waals surface area contributed by atoms with Gasteiger partial charge in [-0.25, -0.2) is 0 Å². The molecule has 0 spiro atoms. The van der Waals surface area contributed by atoms with Crippen LogP contribution < -0.4 is 0 Å². The fraction of sp³-hybridized carbons (Fsp3) is 0.625. The molecule has 0 aliphatic rings. The van der Waals surface area contributed by atoms with Gasteiger partial charge >= 0.3 is 0 Å². The lowest BCUT2D eigenvalue weighted by molar-refractivity contribution is 0.346. The summed E-state index contributed by atoms with van der Waals surface area (Å²) in [5.41, 5.74) is 1.35. The molecule has 0 aliphatic carbocycles. The van der Waals surface area contributed by atoms with Crippen molar-refractivity contribution in [1.29, 1.82) is 0 Å². The van der Waals surface area contributed by atoms with Crippen molar-refractivity contribution >= 4 is 45.2 Å². The molecule has 1 aromatic rings. The average molecular weight is 390 g/mol. The average Bonchev–Trinajstić information content (AvgIpc) is 2.15. The van der Waals surface area contributed by atoms with Gasteiger partial charge in [-0.15, -0.1) is 0 Å². The highest BCUT2D eigenvalue weighted by atomic mass is 127. The van der Waals surface area contributed by atoms with Crippen molar-refractivity contribution in [3.05, 3.63) is 13.0 Å². The largest absolute Gasteiger partial charge is 0.262 e. The molecule has 0 N–H and O–H groups in total. The SMILES string of the molecule is Cc1c(I)c(I)nn1C(C)(C)C. The molecule has 1 rings (SSSR count). The summed E-state index contributed by atoms with van der Waals surface area (Å²) in [6.45, 7) is 8.61. The van der Waals surface area contributed by atoms with Crippen molar-refractivity contribution in [2.24, 2.45) is 0 Å². The van der Waals surface area contributed by atoms with E-state index in [1.165, 1.54) is 9.26 Å². The van der Waals surface area contributed by atoms with Gasteiger partial charge in [-0.1, -0.05) is 0 Å². The first-order chi connectivity index (χ1) is 5.34. The molecule has 0 radical (unpaired) electrons. The second kappa shape index (κ2) is 3.43. The molecule has 0 amide bonds. The minimum Gasteiger partial charge on any atom is -0.262 e. The molecule has 0 unspecified atom stereocenters.